The van der Waals surface area contributed by atoms with Crippen LogP contribution >= 0.6 is 0 Å². The molecule has 0 amide bonds. The quantitative estimate of drug-likeness (QED) is 0.0179. The molecule has 2 aliphatic heterocycles. The molecule has 0 aliphatic carbocycles. The first-order chi connectivity index (χ1) is 34.0. The van der Waals surface area contributed by atoms with Gasteiger partial charge in [-0.25, -0.2) is 0 Å². The van der Waals surface area contributed by atoms with E-state index in [4.69, 9.17) is 28.4 Å². The van der Waals surface area contributed by atoms with E-state index in [0.29, 0.717) is 12.8 Å². The molecule has 2 saturated heterocycles. The van der Waals surface area contributed by atoms with E-state index in [2.05, 4.69) is 98.9 Å². The Hall–Kier alpha value is -3.32. The summed E-state index contributed by atoms with van der Waals surface area (Å²) in [5, 5.41) is 72.1. The van der Waals surface area contributed by atoms with Crippen LogP contribution in [0.3, 0.4) is 0 Å². The van der Waals surface area contributed by atoms with Gasteiger partial charge in [0.15, 0.2) is 18.7 Å². The number of aliphatic hydroxyl groups excluding tert-OH is 7. The van der Waals surface area contributed by atoms with Crippen LogP contribution in [-0.4, -0.2) is 142 Å². The monoisotopic (exact) mass is 991 g/mol. The van der Waals surface area contributed by atoms with Crippen LogP contribution in [0.15, 0.2) is 85.1 Å². The molecule has 0 saturated carbocycles. The van der Waals surface area contributed by atoms with Crippen LogP contribution < -0.4 is 0 Å². The van der Waals surface area contributed by atoms with Crippen LogP contribution in [0.2, 0.25) is 0 Å². The zero-order valence-corrected chi connectivity index (χ0v) is 42.2. The maximum Gasteiger partial charge on any atom is 0.306 e. The number of hydrogen-bond acceptors (Lipinski definition) is 15. The van der Waals surface area contributed by atoms with Crippen molar-refractivity contribution < 1.29 is 73.8 Å². The summed E-state index contributed by atoms with van der Waals surface area (Å²) in [6.45, 7) is 2.31. The smallest absolute Gasteiger partial charge is 0.306 e. The summed E-state index contributed by atoms with van der Waals surface area (Å²) in [6.07, 6.45) is 33.2. The first kappa shape index (κ1) is 62.8. The highest BCUT2D eigenvalue weighted by Crippen LogP contribution is 2.26. The van der Waals surface area contributed by atoms with Crippen LogP contribution in [0.5, 0.6) is 0 Å². The summed E-state index contributed by atoms with van der Waals surface area (Å²) in [6, 6.07) is 0. The predicted molar refractivity (Wildman–Crippen MR) is 270 cm³/mol. The Kier molecular flexibility index (Phi) is 36.9. The van der Waals surface area contributed by atoms with E-state index in [0.717, 1.165) is 116 Å². The van der Waals surface area contributed by atoms with Crippen LogP contribution in [-0.2, 0) is 38.0 Å². The van der Waals surface area contributed by atoms with Crippen molar-refractivity contribution in [3.63, 3.8) is 0 Å². The molecule has 0 aromatic heterocycles. The SMILES string of the molecule is CC/C=C\C/C=C\C/C=C\C/C=C\CCCCCCC(=O)OC(COC(=O)CCCCCCCCC/C=C\C/C=C\C/C=C\CC)COC1OC(COC2OC(CO)C(O)C(O)C2O)C(O)C(O)C1O. The van der Waals surface area contributed by atoms with E-state index in [1.807, 2.05) is 0 Å². The number of esters is 2. The van der Waals surface area contributed by atoms with Crippen molar-refractivity contribution in [2.45, 2.75) is 223 Å². The van der Waals surface area contributed by atoms with Crippen molar-refractivity contribution in [3.05, 3.63) is 85.1 Å². The number of allylic oxidation sites excluding steroid dienone is 14. The van der Waals surface area contributed by atoms with Crippen molar-refractivity contribution in [1.29, 1.82) is 0 Å². The van der Waals surface area contributed by atoms with Crippen molar-refractivity contribution in [3.8, 4) is 0 Å². The second-order valence-corrected chi connectivity index (χ2v) is 17.9. The lowest BCUT2D eigenvalue weighted by Crippen LogP contribution is -2.61. The van der Waals surface area contributed by atoms with Crippen molar-refractivity contribution in [1.82, 2.24) is 0 Å². The maximum atomic E-state index is 13.0. The number of aliphatic hydroxyl groups is 7. The molecule has 15 nitrogen and oxygen atoms in total. The molecule has 11 atom stereocenters. The Labute approximate surface area is 418 Å². The predicted octanol–water partition coefficient (Wildman–Crippen LogP) is 7.60. The van der Waals surface area contributed by atoms with Gasteiger partial charge >= 0.3 is 11.9 Å². The molecule has 0 aromatic rings. The van der Waals surface area contributed by atoms with Gasteiger partial charge in [0, 0.05) is 12.8 Å². The Morgan fingerprint density at radius 3 is 1.34 bits per heavy atom. The molecule has 11 unspecified atom stereocenters. The van der Waals surface area contributed by atoms with Crippen LogP contribution in [0.4, 0.5) is 0 Å². The van der Waals surface area contributed by atoms with Crippen LogP contribution in [0, 0.1) is 0 Å². The zero-order chi connectivity index (χ0) is 51.0. The number of carbonyl (C=O) groups is 2. The zero-order valence-electron chi connectivity index (χ0n) is 42.2. The van der Waals surface area contributed by atoms with Crippen LogP contribution in [0.1, 0.15) is 155 Å². The molecule has 15 heteroatoms. The standard InChI is InChI=1S/C55H90O15/c1-3-5-7-9-11-13-15-17-19-21-23-25-27-29-31-33-35-37-46(57)65-40-43(68-47(58)38-36-34-32-30-28-26-24-22-20-18-16-14-12-10-8-6-4-2)41-66-54-53(64)51(62)49(60)45(70-54)42-67-55-52(63)50(61)48(59)44(39-56)69-55/h5-8,11-14,17-20,24,26,43-45,48-56,59-64H,3-4,9-10,15-16,21-23,25,27-42H2,1-2H3/b7-5-,8-6-,13-11-,14-12-,19-17-,20-18-,26-24-. The Bertz CT molecular complexity index is 1540. The van der Waals surface area contributed by atoms with E-state index in [1.54, 1.807) is 0 Å². The van der Waals surface area contributed by atoms with Gasteiger partial charge in [0.25, 0.3) is 0 Å². The topological polar surface area (TPSA) is 231 Å². The van der Waals surface area contributed by atoms with Crippen LogP contribution in [0.25, 0.3) is 0 Å². The average molecular weight is 991 g/mol. The molecule has 0 spiro atoms. The Morgan fingerprint density at radius 1 is 0.457 bits per heavy atom. The van der Waals surface area contributed by atoms with E-state index in [9.17, 15) is 45.3 Å². The van der Waals surface area contributed by atoms with Gasteiger partial charge in [0.2, 0.25) is 0 Å². The van der Waals surface area contributed by atoms with Gasteiger partial charge in [-0.2, -0.15) is 0 Å². The van der Waals surface area contributed by atoms with Crippen molar-refractivity contribution in [2.75, 3.05) is 26.4 Å². The molecule has 2 heterocycles. The molecular formula is C55H90O15. The second kappa shape index (κ2) is 41.2. The summed E-state index contributed by atoms with van der Waals surface area (Å²) < 4.78 is 33.6. The first-order valence-corrected chi connectivity index (χ1v) is 26.2. The number of ether oxygens (including phenoxy) is 6. The lowest BCUT2D eigenvalue weighted by molar-refractivity contribution is -0.332. The van der Waals surface area contributed by atoms with Gasteiger partial charge in [-0.15, -0.1) is 0 Å². The highest BCUT2D eigenvalue weighted by molar-refractivity contribution is 5.70. The summed E-state index contributed by atoms with van der Waals surface area (Å²) in [4.78, 5) is 25.8. The Morgan fingerprint density at radius 2 is 0.857 bits per heavy atom. The fourth-order valence-corrected chi connectivity index (χ4v) is 7.63. The summed E-state index contributed by atoms with van der Waals surface area (Å²) in [5.41, 5.74) is 0. The lowest BCUT2D eigenvalue weighted by atomic mass is 9.98. The molecule has 2 fully saturated rings. The number of unbranched alkanes of at least 4 members (excludes halogenated alkanes) is 11. The highest BCUT2D eigenvalue weighted by Gasteiger charge is 2.47. The molecule has 0 bridgehead atoms. The summed E-state index contributed by atoms with van der Waals surface area (Å²) in [7, 11) is 0. The number of hydrogen-bond donors (Lipinski definition) is 7. The summed E-state index contributed by atoms with van der Waals surface area (Å²) in [5.74, 6) is -0.972. The maximum absolute atomic E-state index is 13.0. The van der Waals surface area contributed by atoms with E-state index < -0.39 is 99.3 Å². The minimum atomic E-state index is -1.78. The van der Waals surface area contributed by atoms with E-state index in [1.165, 1.54) is 0 Å². The fourth-order valence-electron chi connectivity index (χ4n) is 7.63. The minimum Gasteiger partial charge on any atom is -0.462 e. The Balaban J connectivity index is 1.82. The van der Waals surface area contributed by atoms with E-state index in [-0.39, 0.29) is 19.4 Å². The van der Waals surface area contributed by atoms with E-state index >= 15 is 0 Å². The molecule has 400 valence electrons. The van der Waals surface area contributed by atoms with Crippen molar-refractivity contribution >= 4 is 11.9 Å². The van der Waals surface area contributed by atoms with Gasteiger partial charge in [-0.3, -0.25) is 9.59 Å². The molecular weight excluding hydrogens is 901 g/mol. The molecule has 2 rings (SSSR count). The van der Waals surface area contributed by atoms with Crippen molar-refractivity contribution in [2.24, 2.45) is 0 Å². The number of carbonyl (C=O) groups excluding carboxylic acids is 2. The normalized spacial score (nSPS) is 26.1. The average Bonchev–Trinajstić information content (AvgIpc) is 3.35. The third-order valence-electron chi connectivity index (χ3n) is 11.9. The van der Waals surface area contributed by atoms with Gasteiger partial charge in [0.05, 0.1) is 19.8 Å². The minimum absolute atomic E-state index is 0.130. The highest BCUT2D eigenvalue weighted by atomic mass is 16.7. The van der Waals surface area contributed by atoms with Gasteiger partial charge in [0.1, 0.15) is 55.4 Å². The second-order valence-electron chi connectivity index (χ2n) is 17.9. The molecule has 70 heavy (non-hydrogen) atoms. The molecule has 7 N–H and O–H groups in total. The van der Waals surface area contributed by atoms with Gasteiger partial charge < -0.3 is 64.2 Å². The molecule has 2 aliphatic rings. The molecule has 0 aromatic carbocycles. The molecule has 0 radical (unpaired) electrons. The third-order valence-corrected chi connectivity index (χ3v) is 11.9. The lowest BCUT2D eigenvalue weighted by Gasteiger charge is -2.42. The first-order valence-electron chi connectivity index (χ1n) is 26.2. The van der Waals surface area contributed by atoms with Gasteiger partial charge in [-0.1, -0.05) is 144 Å². The summed E-state index contributed by atoms with van der Waals surface area (Å²) >= 11 is 0. The fraction of sp³-hybridized carbons (Fsp3) is 0.709. The largest absolute Gasteiger partial charge is 0.462 e. The third kappa shape index (κ3) is 28.7. The number of rotatable bonds is 39. The van der Waals surface area contributed by atoms with Gasteiger partial charge in [-0.05, 0) is 83.5 Å².